The van der Waals surface area contributed by atoms with Crippen molar-refractivity contribution in [3.8, 4) is 0 Å². The third-order valence-corrected chi connectivity index (χ3v) is 7.49. The van der Waals surface area contributed by atoms with Gasteiger partial charge in [0.25, 0.3) is 5.91 Å². The predicted molar refractivity (Wildman–Crippen MR) is 157 cm³/mol. The first kappa shape index (κ1) is 29.9. The highest BCUT2D eigenvalue weighted by Gasteiger charge is 2.14. The number of carbonyl (C=O) groups excluding carboxylic acids is 1. The highest BCUT2D eigenvalue weighted by Crippen LogP contribution is 2.19. The monoisotopic (exact) mass is 521 g/mol. The molecule has 0 aliphatic carbocycles. The Bertz CT molecular complexity index is 1080. The van der Waals surface area contributed by atoms with Crippen molar-refractivity contribution in [2.24, 2.45) is 0 Å². The van der Waals surface area contributed by atoms with Crippen molar-refractivity contribution in [1.82, 2.24) is 14.9 Å². The summed E-state index contributed by atoms with van der Waals surface area (Å²) in [5.74, 6) is -0.104. The van der Waals surface area contributed by atoms with Gasteiger partial charge in [-0.3, -0.25) is 4.79 Å². The van der Waals surface area contributed by atoms with E-state index in [0.717, 1.165) is 29.8 Å². The normalized spacial score (nSPS) is 11.3. The summed E-state index contributed by atoms with van der Waals surface area (Å²) in [6, 6.07) is 14.2. The van der Waals surface area contributed by atoms with Crippen LogP contribution in [0.4, 0.5) is 4.39 Å². The van der Waals surface area contributed by atoms with Gasteiger partial charge in [-0.25, -0.2) is 9.37 Å². The second-order valence-electron chi connectivity index (χ2n) is 10.6. The van der Waals surface area contributed by atoms with E-state index in [0.29, 0.717) is 0 Å². The molecular weight excluding hydrogens is 473 g/mol. The molecule has 1 amide bonds. The van der Waals surface area contributed by atoms with Crippen LogP contribution in [0, 0.1) is 5.82 Å². The van der Waals surface area contributed by atoms with Crippen LogP contribution in [0.2, 0.25) is 0 Å². The molecule has 1 aromatic heterocycles. The number of hydrogen-bond donors (Lipinski definition) is 1. The minimum absolute atomic E-state index is 0.0629. The quantitative estimate of drug-likeness (QED) is 0.151. The van der Waals surface area contributed by atoms with Crippen LogP contribution in [0.25, 0.3) is 11.0 Å². The zero-order valence-corrected chi connectivity index (χ0v) is 23.5. The van der Waals surface area contributed by atoms with Gasteiger partial charge in [0.2, 0.25) is 0 Å². The number of aromatic nitrogens is 2. The molecule has 3 aromatic rings. The first-order valence-corrected chi connectivity index (χ1v) is 15.2. The molecule has 0 aliphatic rings. The number of hydrogen-bond acceptors (Lipinski definition) is 2. The van der Waals surface area contributed by atoms with Gasteiger partial charge >= 0.3 is 0 Å². The van der Waals surface area contributed by atoms with Crippen LogP contribution in [-0.2, 0) is 13.1 Å². The number of nitrogens with one attached hydrogen (secondary N) is 1. The molecule has 0 aliphatic heterocycles. The number of carbonyl (C=O) groups is 1. The predicted octanol–water partition coefficient (Wildman–Crippen LogP) is 9.37. The Hall–Kier alpha value is -2.69. The zero-order chi connectivity index (χ0) is 26.8. The van der Waals surface area contributed by atoms with Gasteiger partial charge in [-0.2, -0.15) is 0 Å². The maximum atomic E-state index is 14.0. The molecule has 0 atom stereocenters. The number of para-hydroxylation sites is 2. The van der Waals surface area contributed by atoms with Gasteiger partial charge in [-0.05, 0) is 30.7 Å². The average Bonchev–Trinajstić information content (AvgIpc) is 3.29. The van der Waals surface area contributed by atoms with E-state index >= 15 is 0 Å². The van der Waals surface area contributed by atoms with Gasteiger partial charge in [0.1, 0.15) is 11.6 Å². The number of rotatable bonds is 20. The smallest absolute Gasteiger partial charge is 0.254 e. The van der Waals surface area contributed by atoms with Gasteiger partial charge in [0, 0.05) is 6.54 Å². The Morgan fingerprint density at radius 1 is 0.737 bits per heavy atom. The minimum atomic E-state index is -0.508. The molecule has 208 valence electrons. The Balaban J connectivity index is 1.31. The summed E-state index contributed by atoms with van der Waals surface area (Å²) in [4.78, 5) is 17.2. The average molecular weight is 522 g/mol. The molecule has 1 N–H and O–H groups in total. The van der Waals surface area contributed by atoms with Crippen molar-refractivity contribution >= 4 is 16.9 Å². The molecule has 0 fully saturated rings. The second-order valence-corrected chi connectivity index (χ2v) is 10.6. The van der Waals surface area contributed by atoms with Crippen LogP contribution in [-0.4, -0.2) is 15.5 Å². The molecule has 0 bridgehead atoms. The van der Waals surface area contributed by atoms with Crippen LogP contribution >= 0.6 is 0 Å². The lowest BCUT2D eigenvalue weighted by atomic mass is 10.0. The molecule has 5 heteroatoms. The van der Waals surface area contributed by atoms with Gasteiger partial charge < -0.3 is 9.88 Å². The molecule has 0 unspecified atom stereocenters. The largest absolute Gasteiger partial charge is 0.345 e. The fourth-order valence-corrected chi connectivity index (χ4v) is 5.23. The van der Waals surface area contributed by atoms with Gasteiger partial charge in [-0.1, -0.05) is 128 Å². The van der Waals surface area contributed by atoms with E-state index in [4.69, 9.17) is 4.98 Å². The number of amides is 1. The van der Waals surface area contributed by atoms with E-state index in [9.17, 15) is 9.18 Å². The lowest BCUT2D eigenvalue weighted by Gasteiger charge is -2.11. The summed E-state index contributed by atoms with van der Waals surface area (Å²) in [5, 5.41) is 2.85. The molecule has 4 nitrogen and oxygen atoms in total. The molecule has 2 aromatic carbocycles. The molecule has 0 saturated carbocycles. The van der Waals surface area contributed by atoms with Crippen molar-refractivity contribution in [3.63, 3.8) is 0 Å². The van der Waals surface area contributed by atoms with Gasteiger partial charge in [0.15, 0.2) is 0 Å². The highest BCUT2D eigenvalue weighted by molar-refractivity contribution is 5.94. The number of benzene rings is 2. The summed E-state index contributed by atoms with van der Waals surface area (Å²) in [6.07, 6.45) is 21.7. The van der Waals surface area contributed by atoms with Crippen molar-refractivity contribution in [1.29, 1.82) is 0 Å². The molecule has 0 radical (unpaired) electrons. The molecule has 38 heavy (non-hydrogen) atoms. The van der Waals surface area contributed by atoms with E-state index in [1.807, 2.05) is 18.2 Å². The van der Waals surface area contributed by atoms with E-state index in [2.05, 4.69) is 22.9 Å². The van der Waals surface area contributed by atoms with Crippen LogP contribution in [0.3, 0.4) is 0 Å². The van der Waals surface area contributed by atoms with Crippen molar-refractivity contribution in [2.45, 2.75) is 123 Å². The van der Waals surface area contributed by atoms with Gasteiger partial charge in [0.05, 0.1) is 23.1 Å². The van der Waals surface area contributed by atoms with Crippen LogP contribution < -0.4 is 5.32 Å². The van der Waals surface area contributed by atoms with Gasteiger partial charge in [-0.15, -0.1) is 0 Å². The van der Waals surface area contributed by atoms with Crippen LogP contribution in [0.15, 0.2) is 48.5 Å². The SMILES string of the molecule is CCCCCCCCCCCCCCCCCCn1c(CNC(=O)c2ccccc2F)nc2ccccc21. The topological polar surface area (TPSA) is 46.9 Å². The zero-order valence-electron chi connectivity index (χ0n) is 23.5. The molecule has 0 spiro atoms. The maximum Gasteiger partial charge on any atom is 0.254 e. The molecule has 0 saturated heterocycles. The Morgan fingerprint density at radius 2 is 1.26 bits per heavy atom. The standard InChI is InChI=1S/C33H48FN3O/c1-2-3-4-5-6-7-8-9-10-11-12-13-14-15-16-21-26-37-31-25-20-19-24-30(31)36-32(37)27-35-33(38)28-22-17-18-23-29(28)34/h17-20,22-25H,2-16,21,26-27H2,1H3,(H,35,38). The van der Waals surface area contributed by atoms with Crippen molar-refractivity contribution < 1.29 is 9.18 Å². The minimum Gasteiger partial charge on any atom is -0.345 e. The van der Waals surface area contributed by atoms with E-state index in [1.54, 1.807) is 12.1 Å². The molecular formula is C33H48FN3O. The number of unbranched alkanes of at least 4 members (excludes halogenated alkanes) is 15. The summed E-state index contributed by atoms with van der Waals surface area (Å²) in [7, 11) is 0. The van der Waals surface area contributed by atoms with E-state index in [-0.39, 0.29) is 12.1 Å². The fraction of sp³-hybridized carbons (Fsp3) is 0.576. The summed E-state index contributed by atoms with van der Waals surface area (Å²) >= 11 is 0. The first-order valence-electron chi connectivity index (χ1n) is 15.2. The number of imidazole rings is 1. The highest BCUT2D eigenvalue weighted by atomic mass is 19.1. The van der Waals surface area contributed by atoms with Crippen LogP contribution in [0.1, 0.15) is 126 Å². The number of fused-ring (bicyclic) bond motifs is 1. The van der Waals surface area contributed by atoms with Crippen LogP contribution in [0.5, 0.6) is 0 Å². The first-order chi connectivity index (χ1) is 18.7. The molecule has 1 heterocycles. The number of aryl methyl sites for hydroxylation is 1. The summed E-state index contributed by atoms with van der Waals surface area (Å²) in [6.45, 7) is 3.44. The Morgan fingerprint density at radius 3 is 1.87 bits per heavy atom. The lowest BCUT2D eigenvalue weighted by Crippen LogP contribution is -2.25. The van der Waals surface area contributed by atoms with E-state index in [1.165, 1.54) is 108 Å². The third kappa shape index (κ3) is 10.2. The van der Waals surface area contributed by atoms with Crippen molar-refractivity contribution in [2.75, 3.05) is 0 Å². The third-order valence-electron chi connectivity index (χ3n) is 7.49. The Kier molecular flexibility index (Phi) is 13.9. The maximum absolute atomic E-state index is 14.0. The number of nitrogens with zero attached hydrogens (tertiary/aromatic N) is 2. The van der Waals surface area contributed by atoms with E-state index < -0.39 is 11.7 Å². The second kappa shape index (κ2) is 17.8. The molecule has 3 rings (SSSR count). The number of halogens is 1. The van der Waals surface area contributed by atoms with Crippen molar-refractivity contribution in [3.05, 3.63) is 65.7 Å². The summed E-state index contributed by atoms with van der Waals surface area (Å²) < 4.78 is 16.2. The summed E-state index contributed by atoms with van der Waals surface area (Å²) in [5.41, 5.74) is 2.08. The lowest BCUT2D eigenvalue weighted by molar-refractivity contribution is 0.0945. The fourth-order valence-electron chi connectivity index (χ4n) is 5.23. The Labute approximate surface area is 229 Å².